The molecule has 0 saturated heterocycles. The third-order valence-electron chi connectivity index (χ3n) is 4.59. The van der Waals surface area contributed by atoms with Crippen molar-refractivity contribution >= 4 is 16.8 Å². The first-order valence-corrected chi connectivity index (χ1v) is 8.20. The number of hydrogen-bond donors (Lipinski definition) is 0. The summed E-state index contributed by atoms with van der Waals surface area (Å²) in [6.45, 7) is 4.12. The molecule has 3 aromatic rings. The van der Waals surface area contributed by atoms with Crippen LogP contribution in [-0.4, -0.2) is 33.4 Å². The van der Waals surface area contributed by atoms with Gasteiger partial charge in [-0.15, -0.1) is 0 Å². The van der Waals surface area contributed by atoms with Gasteiger partial charge in [-0.25, -0.2) is 0 Å². The van der Waals surface area contributed by atoms with Crippen LogP contribution >= 0.6 is 0 Å². The maximum absolute atomic E-state index is 13.0. The fourth-order valence-electron chi connectivity index (χ4n) is 3.05. The fraction of sp³-hybridized carbons (Fsp3) is 0.300. The highest BCUT2D eigenvalue weighted by atomic mass is 16.2. The average Bonchev–Trinajstić information content (AvgIpc) is 2.91. The molecule has 24 heavy (non-hydrogen) atoms. The van der Waals surface area contributed by atoms with E-state index in [-0.39, 0.29) is 11.9 Å². The van der Waals surface area contributed by atoms with Crippen LogP contribution in [0.1, 0.15) is 28.5 Å². The first kappa shape index (κ1) is 16.2. The second kappa shape index (κ2) is 6.48. The molecular formula is C20H23N3O. The summed E-state index contributed by atoms with van der Waals surface area (Å²) in [4.78, 5) is 19.2. The lowest BCUT2D eigenvalue weighted by molar-refractivity contribution is 0.0744. The molecule has 1 unspecified atom stereocenters. The molecule has 0 radical (unpaired) electrons. The summed E-state index contributed by atoms with van der Waals surface area (Å²) < 4.78 is 2.00. The number of para-hydroxylation sites is 1. The minimum absolute atomic E-state index is 0.0481. The molecule has 1 aromatic carbocycles. The molecule has 0 aliphatic carbocycles. The van der Waals surface area contributed by atoms with Crippen molar-refractivity contribution in [1.82, 2.24) is 14.5 Å². The van der Waals surface area contributed by atoms with E-state index in [9.17, 15) is 4.79 Å². The van der Waals surface area contributed by atoms with E-state index in [1.54, 1.807) is 0 Å². The summed E-state index contributed by atoms with van der Waals surface area (Å²) in [7, 11) is 3.84. The van der Waals surface area contributed by atoms with E-state index in [1.165, 1.54) is 5.56 Å². The SMILES string of the molecule is Cc1ccnc(CC(C)N(C)C(=O)c2cn(C)c3ccccc23)c1. The number of fused-ring (bicyclic) bond motifs is 1. The lowest BCUT2D eigenvalue weighted by Crippen LogP contribution is -2.36. The second-order valence-corrected chi connectivity index (χ2v) is 6.46. The molecule has 3 rings (SSSR count). The minimum atomic E-state index is 0.0481. The van der Waals surface area contributed by atoms with Gasteiger partial charge in [0.15, 0.2) is 0 Å². The highest BCUT2D eigenvalue weighted by Crippen LogP contribution is 2.22. The Morgan fingerprint density at radius 3 is 2.79 bits per heavy atom. The Bertz CT molecular complexity index is 881. The molecule has 2 aromatic heterocycles. The van der Waals surface area contributed by atoms with Crippen molar-refractivity contribution in [2.75, 3.05) is 7.05 Å². The molecule has 0 aliphatic heterocycles. The Balaban J connectivity index is 1.83. The van der Waals surface area contributed by atoms with Gasteiger partial charge in [-0.2, -0.15) is 0 Å². The monoisotopic (exact) mass is 321 g/mol. The normalized spacial score (nSPS) is 12.3. The number of nitrogens with zero attached hydrogens (tertiary/aromatic N) is 3. The van der Waals surface area contributed by atoms with Crippen LogP contribution in [0.25, 0.3) is 10.9 Å². The van der Waals surface area contributed by atoms with E-state index in [1.807, 2.05) is 66.3 Å². The highest BCUT2D eigenvalue weighted by molar-refractivity contribution is 6.07. The molecule has 124 valence electrons. The number of benzene rings is 1. The van der Waals surface area contributed by atoms with Crippen molar-refractivity contribution in [2.24, 2.45) is 7.05 Å². The number of hydrogen-bond acceptors (Lipinski definition) is 2. The van der Waals surface area contributed by atoms with Crippen LogP contribution in [0, 0.1) is 6.92 Å². The van der Waals surface area contributed by atoms with Crippen molar-refractivity contribution in [1.29, 1.82) is 0 Å². The van der Waals surface area contributed by atoms with Gasteiger partial charge in [-0.05, 0) is 37.6 Å². The van der Waals surface area contributed by atoms with Gasteiger partial charge >= 0.3 is 0 Å². The van der Waals surface area contributed by atoms with Gasteiger partial charge < -0.3 is 9.47 Å². The fourth-order valence-corrected chi connectivity index (χ4v) is 3.05. The number of pyridine rings is 1. The minimum Gasteiger partial charge on any atom is -0.350 e. The van der Waals surface area contributed by atoms with Gasteiger partial charge in [0.1, 0.15) is 0 Å². The molecule has 4 nitrogen and oxygen atoms in total. The summed E-state index contributed by atoms with van der Waals surface area (Å²) in [5, 5.41) is 0.998. The van der Waals surface area contributed by atoms with E-state index in [2.05, 4.69) is 24.9 Å². The molecular weight excluding hydrogens is 298 g/mol. The van der Waals surface area contributed by atoms with Crippen molar-refractivity contribution in [3.63, 3.8) is 0 Å². The first-order chi connectivity index (χ1) is 11.5. The van der Waals surface area contributed by atoms with Crippen molar-refractivity contribution < 1.29 is 4.79 Å². The largest absolute Gasteiger partial charge is 0.350 e. The Labute approximate surface area is 142 Å². The maximum Gasteiger partial charge on any atom is 0.256 e. The van der Waals surface area contributed by atoms with Crippen LogP contribution in [0.2, 0.25) is 0 Å². The van der Waals surface area contributed by atoms with Crippen molar-refractivity contribution in [3.8, 4) is 0 Å². The molecule has 1 atom stereocenters. The van der Waals surface area contributed by atoms with Gasteiger partial charge in [0, 0.05) is 55.5 Å². The zero-order valence-corrected chi connectivity index (χ0v) is 14.7. The predicted octanol–water partition coefficient (Wildman–Crippen LogP) is 3.58. The van der Waals surface area contributed by atoms with Crippen LogP contribution in [0.4, 0.5) is 0 Å². The molecule has 4 heteroatoms. The smallest absolute Gasteiger partial charge is 0.256 e. The Hall–Kier alpha value is -2.62. The number of amides is 1. The number of carbonyl (C=O) groups excluding carboxylic acids is 1. The number of likely N-dealkylation sites (N-methyl/N-ethyl adjacent to an activating group) is 1. The van der Waals surface area contributed by atoms with E-state index >= 15 is 0 Å². The van der Waals surface area contributed by atoms with Gasteiger partial charge in [-0.3, -0.25) is 9.78 Å². The molecule has 0 bridgehead atoms. The lowest BCUT2D eigenvalue weighted by Gasteiger charge is -2.24. The van der Waals surface area contributed by atoms with Crippen molar-refractivity contribution in [2.45, 2.75) is 26.3 Å². The van der Waals surface area contributed by atoms with Crippen LogP contribution in [0.5, 0.6) is 0 Å². The summed E-state index contributed by atoms with van der Waals surface area (Å²) in [5.74, 6) is 0.0481. The number of rotatable bonds is 4. The summed E-state index contributed by atoms with van der Waals surface area (Å²) in [6.07, 6.45) is 4.49. The molecule has 0 N–H and O–H groups in total. The summed E-state index contributed by atoms with van der Waals surface area (Å²) >= 11 is 0. The van der Waals surface area contributed by atoms with Crippen molar-refractivity contribution in [3.05, 3.63) is 65.6 Å². The topological polar surface area (TPSA) is 38.1 Å². The highest BCUT2D eigenvalue weighted by Gasteiger charge is 2.21. The summed E-state index contributed by atoms with van der Waals surface area (Å²) in [5.41, 5.74) is 4.03. The molecule has 0 aliphatic rings. The van der Waals surface area contributed by atoms with E-state index in [0.717, 1.165) is 28.6 Å². The molecule has 1 amide bonds. The quantitative estimate of drug-likeness (QED) is 0.736. The zero-order chi connectivity index (χ0) is 17.3. The Morgan fingerprint density at radius 1 is 1.29 bits per heavy atom. The van der Waals surface area contributed by atoms with Gasteiger partial charge in [0.2, 0.25) is 0 Å². The molecule has 0 fully saturated rings. The number of aryl methyl sites for hydroxylation is 2. The van der Waals surface area contributed by atoms with E-state index in [0.29, 0.717) is 0 Å². The lowest BCUT2D eigenvalue weighted by atomic mass is 10.1. The third kappa shape index (κ3) is 3.04. The predicted molar refractivity (Wildman–Crippen MR) is 97.2 cm³/mol. The van der Waals surface area contributed by atoms with E-state index < -0.39 is 0 Å². The summed E-state index contributed by atoms with van der Waals surface area (Å²) in [6, 6.07) is 12.1. The first-order valence-electron chi connectivity index (χ1n) is 8.20. The van der Waals surface area contributed by atoms with Crippen LogP contribution in [-0.2, 0) is 13.5 Å². The molecule has 2 heterocycles. The number of aromatic nitrogens is 2. The van der Waals surface area contributed by atoms with Gasteiger partial charge in [-0.1, -0.05) is 18.2 Å². The van der Waals surface area contributed by atoms with Gasteiger partial charge in [0.25, 0.3) is 5.91 Å². The Kier molecular flexibility index (Phi) is 4.38. The third-order valence-corrected chi connectivity index (χ3v) is 4.59. The van der Waals surface area contributed by atoms with Crippen LogP contribution in [0.15, 0.2) is 48.8 Å². The standard InChI is InChI=1S/C20H23N3O/c1-14-9-10-21-16(11-14)12-15(2)23(4)20(24)18-13-22(3)19-8-6-5-7-17(18)19/h5-11,13,15H,12H2,1-4H3. The zero-order valence-electron chi connectivity index (χ0n) is 14.7. The average molecular weight is 321 g/mol. The molecule has 0 spiro atoms. The van der Waals surface area contributed by atoms with Crippen LogP contribution < -0.4 is 0 Å². The van der Waals surface area contributed by atoms with Crippen LogP contribution in [0.3, 0.4) is 0 Å². The van der Waals surface area contributed by atoms with Gasteiger partial charge in [0.05, 0.1) is 5.56 Å². The number of carbonyl (C=O) groups is 1. The maximum atomic E-state index is 13.0. The van der Waals surface area contributed by atoms with E-state index in [4.69, 9.17) is 0 Å². The Morgan fingerprint density at radius 2 is 2.04 bits per heavy atom. The molecule has 0 saturated carbocycles. The second-order valence-electron chi connectivity index (χ2n) is 6.46.